The second-order valence-corrected chi connectivity index (χ2v) is 6.62. The smallest absolute Gasteiger partial charge is 0.194 e. The quantitative estimate of drug-likeness (QED) is 0.707. The van der Waals surface area contributed by atoms with Crippen LogP contribution in [0.25, 0.3) is 11.0 Å². The van der Waals surface area contributed by atoms with Crippen molar-refractivity contribution in [2.45, 2.75) is 46.3 Å². The standard InChI is InChI=1S/C17H24FN3/c1-5-6-9-13(17(2,3)4)12-16(18)21-15-11-8-7-10-14(15)19-20-21/h5,7-8,10-11,13,16H,1,6,9,12H2,2-4H3. The van der Waals surface area contributed by atoms with Gasteiger partial charge >= 0.3 is 0 Å². The third-order valence-electron chi connectivity index (χ3n) is 4.07. The number of allylic oxidation sites excluding steroid dienone is 1. The summed E-state index contributed by atoms with van der Waals surface area (Å²) in [5.41, 5.74) is 1.55. The molecule has 1 aromatic heterocycles. The molecule has 0 aliphatic rings. The number of rotatable bonds is 6. The molecule has 1 aromatic carbocycles. The monoisotopic (exact) mass is 289 g/mol. The normalized spacial score (nSPS) is 15.0. The number of para-hydroxylation sites is 1. The van der Waals surface area contributed by atoms with Crippen LogP contribution in [0.2, 0.25) is 0 Å². The second-order valence-electron chi connectivity index (χ2n) is 6.62. The van der Waals surface area contributed by atoms with Gasteiger partial charge in [-0.15, -0.1) is 11.7 Å². The number of fused-ring (bicyclic) bond motifs is 1. The van der Waals surface area contributed by atoms with Crippen LogP contribution in [0.15, 0.2) is 36.9 Å². The van der Waals surface area contributed by atoms with Crippen molar-refractivity contribution in [3.05, 3.63) is 36.9 Å². The zero-order valence-electron chi connectivity index (χ0n) is 13.1. The lowest BCUT2D eigenvalue weighted by atomic mass is 9.76. The van der Waals surface area contributed by atoms with Gasteiger partial charge in [-0.3, -0.25) is 0 Å². The lowest BCUT2D eigenvalue weighted by Crippen LogP contribution is -2.23. The maximum atomic E-state index is 14.7. The van der Waals surface area contributed by atoms with Gasteiger partial charge in [-0.2, -0.15) is 0 Å². The van der Waals surface area contributed by atoms with E-state index in [4.69, 9.17) is 0 Å². The zero-order valence-corrected chi connectivity index (χ0v) is 13.1. The van der Waals surface area contributed by atoms with Gasteiger partial charge in [0.1, 0.15) is 5.52 Å². The van der Waals surface area contributed by atoms with Gasteiger partial charge in [0, 0.05) is 6.42 Å². The molecule has 2 aromatic rings. The van der Waals surface area contributed by atoms with Crippen LogP contribution in [0.3, 0.4) is 0 Å². The summed E-state index contributed by atoms with van der Waals surface area (Å²) >= 11 is 0. The Morgan fingerprint density at radius 3 is 2.71 bits per heavy atom. The highest BCUT2D eigenvalue weighted by Gasteiger charge is 2.28. The SMILES string of the molecule is C=CCCC(CC(F)n1nnc2ccccc21)C(C)(C)C. The summed E-state index contributed by atoms with van der Waals surface area (Å²) in [7, 11) is 0. The van der Waals surface area contributed by atoms with Crippen molar-refractivity contribution >= 4 is 11.0 Å². The molecule has 2 rings (SSSR count). The fourth-order valence-electron chi connectivity index (χ4n) is 2.65. The first-order valence-corrected chi connectivity index (χ1v) is 7.48. The van der Waals surface area contributed by atoms with Gasteiger partial charge in [-0.1, -0.05) is 44.2 Å². The van der Waals surface area contributed by atoms with Gasteiger partial charge in [0.15, 0.2) is 6.30 Å². The van der Waals surface area contributed by atoms with Gasteiger partial charge in [0.2, 0.25) is 0 Å². The van der Waals surface area contributed by atoms with E-state index in [-0.39, 0.29) is 11.3 Å². The number of alkyl halides is 1. The summed E-state index contributed by atoms with van der Waals surface area (Å²) in [4.78, 5) is 0. The topological polar surface area (TPSA) is 30.7 Å². The van der Waals surface area contributed by atoms with E-state index in [9.17, 15) is 4.39 Å². The zero-order chi connectivity index (χ0) is 15.5. The minimum absolute atomic E-state index is 0.0593. The highest BCUT2D eigenvalue weighted by Crippen LogP contribution is 2.37. The lowest BCUT2D eigenvalue weighted by Gasteiger charge is -2.31. The Morgan fingerprint density at radius 2 is 2.05 bits per heavy atom. The molecule has 0 aliphatic heterocycles. The molecule has 114 valence electrons. The number of benzene rings is 1. The van der Waals surface area contributed by atoms with E-state index in [1.807, 2.05) is 30.3 Å². The molecular formula is C17H24FN3. The average Bonchev–Trinajstić information content (AvgIpc) is 2.86. The molecule has 0 saturated heterocycles. The van der Waals surface area contributed by atoms with E-state index < -0.39 is 6.30 Å². The summed E-state index contributed by atoms with van der Waals surface area (Å²) in [6.07, 6.45) is 3.06. The Morgan fingerprint density at radius 1 is 1.33 bits per heavy atom. The maximum absolute atomic E-state index is 14.7. The van der Waals surface area contributed by atoms with Crippen molar-refractivity contribution in [2.24, 2.45) is 11.3 Å². The molecule has 0 aliphatic carbocycles. The van der Waals surface area contributed by atoms with Crippen molar-refractivity contribution < 1.29 is 4.39 Å². The number of halogens is 1. The minimum Gasteiger partial charge on any atom is -0.222 e. The third-order valence-corrected chi connectivity index (χ3v) is 4.07. The highest BCUT2D eigenvalue weighted by atomic mass is 19.1. The van der Waals surface area contributed by atoms with Gasteiger partial charge < -0.3 is 0 Å². The van der Waals surface area contributed by atoms with Gasteiger partial charge in [-0.25, -0.2) is 9.07 Å². The van der Waals surface area contributed by atoms with Crippen molar-refractivity contribution in [1.29, 1.82) is 0 Å². The lowest BCUT2D eigenvalue weighted by molar-refractivity contribution is 0.114. The summed E-state index contributed by atoms with van der Waals surface area (Å²) in [5, 5.41) is 8.01. The van der Waals surface area contributed by atoms with Crippen LogP contribution in [-0.2, 0) is 0 Å². The van der Waals surface area contributed by atoms with E-state index in [0.29, 0.717) is 6.42 Å². The molecule has 21 heavy (non-hydrogen) atoms. The largest absolute Gasteiger partial charge is 0.222 e. The Bertz CT molecular complexity index is 597. The van der Waals surface area contributed by atoms with Gasteiger partial charge in [0.05, 0.1) is 5.52 Å². The van der Waals surface area contributed by atoms with Crippen LogP contribution in [0, 0.1) is 11.3 Å². The van der Waals surface area contributed by atoms with Crippen LogP contribution in [0.1, 0.15) is 46.3 Å². The highest BCUT2D eigenvalue weighted by molar-refractivity contribution is 5.73. The molecular weight excluding hydrogens is 265 g/mol. The first-order chi connectivity index (χ1) is 9.93. The van der Waals surface area contributed by atoms with Crippen LogP contribution in [0.5, 0.6) is 0 Å². The maximum Gasteiger partial charge on any atom is 0.194 e. The Kier molecular flexibility index (Phi) is 4.76. The number of hydrogen-bond donors (Lipinski definition) is 0. The van der Waals surface area contributed by atoms with Crippen molar-refractivity contribution in [2.75, 3.05) is 0 Å². The van der Waals surface area contributed by atoms with Crippen LogP contribution in [0.4, 0.5) is 4.39 Å². The van der Waals surface area contributed by atoms with Crippen molar-refractivity contribution in [3.8, 4) is 0 Å². The molecule has 0 fully saturated rings. The van der Waals surface area contributed by atoms with Gasteiger partial charge in [0.25, 0.3) is 0 Å². The molecule has 3 nitrogen and oxygen atoms in total. The number of hydrogen-bond acceptors (Lipinski definition) is 2. The van der Waals surface area contributed by atoms with E-state index in [1.54, 1.807) is 0 Å². The average molecular weight is 289 g/mol. The fraction of sp³-hybridized carbons (Fsp3) is 0.529. The summed E-state index contributed by atoms with van der Waals surface area (Å²) in [6.45, 7) is 10.2. The van der Waals surface area contributed by atoms with E-state index in [2.05, 4.69) is 37.7 Å². The predicted molar refractivity (Wildman–Crippen MR) is 84.7 cm³/mol. The third kappa shape index (κ3) is 3.69. The van der Waals surface area contributed by atoms with Crippen molar-refractivity contribution in [1.82, 2.24) is 15.0 Å². The second kappa shape index (κ2) is 6.37. The molecule has 0 saturated carbocycles. The Balaban J connectivity index is 2.18. The molecule has 2 atom stereocenters. The van der Waals surface area contributed by atoms with Crippen LogP contribution in [-0.4, -0.2) is 15.0 Å². The molecule has 0 N–H and O–H groups in total. The van der Waals surface area contributed by atoms with E-state index in [0.717, 1.165) is 23.9 Å². The summed E-state index contributed by atoms with van der Waals surface area (Å²) in [6, 6.07) is 7.48. The molecule has 4 heteroatoms. The Labute approximate surface area is 125 Å². The van der Waals surface area contributed by atoms with Gasteiger partial charge in [-0.05, 0) is 36.3 Å². The van der Waals surface area contributed by atoms with Crippen LogP contribution >= 0.6 is 0 Å². The first kappa shape index (κ1) is 15.7. The predicted octanol–water partition coefficient (Wildman–Crippen LogP) is 4.92. The van der Waals surface area contributed by atoms with E-state index >= 15 is 0 Å². The van der Waals surface area contributed by atoms with Crippen molar-refractivity contribution in [3.63, 3.8) is 0 Å². The fourth-order valence-corrected chi connectivity index (χ4v) is 2.65. The molecule has 0 amide bonds. The summed E-state index contributed by atoms with van der Waals surface area (Å²) in [5.74, 6) is 0.272. The van der Waals surface area contributed by atoms with Crippen LogP contribution < -0.4 is 0 Å². The Hall–Kier alpha value is -1.71. The number of nitrogens with zero attached hydrogens (tertiary/aromatic N) is 3. The first-order valence-electron chi connectivity index (χ1n) is 7.48. The molecule has 2 unspecified atom stereocenters. The molecule has 0 radical (unpaired) electrons. The molecule has 0 spiro atoms. The molecule has 0 bridgehead atoms. The minimum atomic E-state index is -1.15. The molecule has 1 heterocycles. The summed E-state index contributed by atoms with van der Waals surface area (Å²) < 4.78 is 16.1. The van der Waals surface area contributed by atoms with E-state index in [1.165, 1.54) is 4.68 Å². The number of aromatic nitrogens is 3.